The molecule has 0 spiro atoms. The Bertz CT molecular complexity index is 1030. The van der Waals surface area contributed by atoms with E-state index in [1.165, 1.54) is 0 Å². The van der Waals surface area contributed by atoms with Gasteiger partial charge in [0.25, 0.3) is 6.26 Å². The van der Waals surface area contributed by atoms with Gasteiger partial charge in [-0.05, 0) is 19.1 Å². The van der Waals surface area contributed by atoms with E-state index in [4.69, 9.17) is 19.7 Å². The molecule has 2 aromatic heterocycles. The van der Waals surface area contributed by atoms with Gasteiger partial charge >= 0.3 is 0 Å². The lowest BCUT2D eigenvalue weighted by atomic mass is 10.2. The van der Waals surface area contributed by atoms with Gasteiger partial charge in [0.05, 0.1) is 18.9 Å². The van der Waals surface area contributed by atoms with E-state index in [9.17, 15) is 0 Å². The van der Waals surface area contributed by atoms with Crippen LogP contribution >= 0.6 is 0 Å². The minimum Gasteiger partial charge on any atom is -0.388 e. The summed E-state index contributed by atoms with van der Waals surface area (Å²) in [5.74, 6) is 2.38. The molecular weight excluding hydrogens is 370 g/mol. The molecule has 1 aliphatic heterocycles. The van der Waals surface area contributed by atoms with E-state index in [2.05, 4.69) is 25.2 Å². The zero-order valence-electron chi connectivity index (χ0n) is 15.9. The molecule has 3 heterocycles. The van der Waals surface area contributed by atoms with Gasteiger partial charge in [0.1, 0.15) is 17.4 Å². The number of aryl methyl sites for hydroxylation is 1. The summed E-state index contributed by atoms with van der Waals surface area (Å²) in [7, 11) is 0. The molecule has 0 saturated carbocycles. The summed E-state index contributed by atoms with van der Waals surface area (Å²) in [5.41, 5.74) is 2.26. The summed E-state index contributed by atoms with van der Waals surface area (Å²) in [4.78, 5) is 20.0. The van der Waals surface area contributed by atoms with Crippen molar-refractivity contribution in [2.75, 3.05) is 36.5 Å². The molecule has 9 nitrogen and oxygen atoms in total. The average molecular weight is 389 g/mol. The summed E-state index contributed by atoms with van der Waals surface area (Å²) in [5, 5.41) is 12.0. The van der Waals surface area contributed by atoms with Crippen LogP contribution < -0.4 is 15.0 Å². The Kier molecular flexibility index (Phi) is 5.45. The van der Waals surface area contributed by atoms with Crippen molar-refractivity contribution >= 4 is 17.5 Å². The van der Waals surface area contributed by atoms with Crippen LogP contribution in [-0.2, 0) is 4.74 Å². The van der Waals surface area contributed by atoms with Gasteiger partial charge in [-0.3, -0.25) is 0 Å². The van der Waals surface area contributed by atoms with E-state index < -0.39 is 0 Å². The van der Waals surface area contributed by atoms with Crippen molar-refractivity contribution in [3.8, 4) is 23.3 Å². The number of nitrogens with zero attached hydrogens (tertiary/aromatic N) is 6. The highest BCUT2D eigenvalue weighted by Crippen LogP contribution is 2.26. The Labute approximate surface area is 168 Å². The Morgan fingerprint density at radius 2 is 1.93 bits per heavy atom. The maximum absolute atomic E-state index is 8.72. The molecule has 1 saturated heterocycles. The van der Waals surface area contributed by atoms with Crippen LogP contribution in [-0.4, -0.2) is 46.2 Å². The Hall–Kier alpha value is -3.77. The van der Waals surface area contributed by atoms with Crippen LogP contribution in [0.1, 0.15) is 5.82 Å². The minimum absolute atomic E-state index is 0.451. The smallest absolute Gasteiger partial charge is 0.292 e. The number of nitrogens with one attached hydrogen (secondary N) is 1. The Morgan fingerprint density at radius 1 is 1.14 bits per heavy atom. The fraction of sp³-hybridized carbons (Fsp3) is 0.250. The second-order valence-electron chi connectivity index (χ2n) is 6.40. The number of benzene rings is 1. The maximum Gasteiger partial charge on any atom is 0.292 e. The molecular formula is C20H19N7O2. The standard InChI is InChI=1S/C20H19N7O2/c1-14-22-11-15(12-23-14)18-10-19(24-16-3-2-4-17(9-16)29-13-21)26-20(25-18)27-5-7-28-8-6-27/h2-4,9-12H,5-8H2,1H3,(H,24,25,26). The molecule has 0 radical (unpaired) electrons. The zero-order chi connectivity index (χ0) is 20.1. The van der Waals surface area contributed by atoms with Crippen LogP contribution in [0.25, 0.3) is 11.3 Å². The minimum atomic E-state index is 0.451. The van der Waals surface area contributed by atoms with Gasteiger partial charge in [0.2, 0.25) is 5.95 Å². The molecule has 29 heavy (non-hydrogen) atoms. The highest BCUT2D eigenvalue weighted by Gasteiger charge is 2.17. The number of ether oxygens (including phenoxy) is 2. The number of hydrogen-bond acceptors (Lipinski definition) is 9. The summed E-state index contributed by atoms with van der Waals surface area (Å²) in [6.07, 6.45) is 5.17. The lowest BCUT2D eigenvalue weighted by molar-refractivity contribution is 0.122. The molecule has 1 aromatic carbocycles. The quantitative estimate of drug-likeness (QED) is 0.659. The summed E-state index contributed by atoms with van der Waals surface area (Å²) < 4.78 is 10.3. The number of rotatable bonds is 5. The highest BCUT2D eigenvalue weighted by molar-refractivity contribution is 5.67. The van der Waals surface area contributed by atoms with E-state index in [1.807, 2.05) is 19.1 Å². The third-order valence-corrected chi connectivity index (χ3v) is 4.35. The molecule has 0 amide bonds. The second kappa shape index (κ2) is 8.50. The summed E-state index contributed by atoms with van der Waals surface area (Å²) >= 11 is 0. The van der Waals surface area contributed by atoms with Crippen molar-refractivity contribution in [1.29, 1.82) is 5.26 Å². The molecule has 1 fully saturated rings. The van der Waals surface area contributed by atoms with Gasteiger partial charge in [0.15, 0.2) is 0 Å². The Morgan fingerprint density at radius 3 is 2.69 bits per heavy atom. The van der Waals surface area contributed by atoms with E-state index in [1.54, 1.807) is 36.8 Å². The normalized spacial score (nSPS) is 13.6. The molecule has 0 unspecified atom stereocenters. The molecule has 9 heteroatoms. The first-order chi connectivity index (χ1) is 14.2. The van der Waals surface area contributed by atoms with Crippen molar-refractivity contribution in [1.82, 2.24) is 19.9 Å². The first-order valence-corrected chi connectivity index (χ1v) is 9.15. The SMILES string of the molecule is Cc1ncc(-c2cc(Nc3cccc(OC#N)c3)nc(N3CCOCC3)n2)cn1. The van der Waals surface area contributed by atoms with Gasteiger partial charge < -0.3 is 19.7 Å². The van der Waals surface area contributed by atoms with Crippen molar-refractivity contribution < 1.29 is 9.47 Å². The van der Waals surface area contributed by atoms with Crippen molar-refractivity contribution in [2.24, 2.45) is 0 Å². The molecule has 0 atom stereocenters. The number of nitriles is 1. The lowest BCUT2D eigenvalue weighted by Gasteiger charge is -2.27. The van der Waals surface area contributed by atoms with Gasteiger partial charge in [-0.25, -0.2) is 15.0 Å². The molecule has 4 rings (SSSR count). The second-order valence-corrected chi connectivity index (χ2v) is 6.40. The van der Waals surface area contributed by atoms with E-state index in [0.29, 0.717) is 42.2 Å². The van der Waals surface area contributed by atoms with Gasteiger partial charge in [0, 0.05) is 48.9 Å². The van der Waals surface area contributed by atoms with Crippen LogP contribution in [0.3, 0.4) is 0 Å². The highest BCUT2D eigenvalue weighted by atomic mass is 16.5. The molecule has 3 aromatic rings. The average Bonchev–Trinajstić information content (AvgIpc) is 2.75. The molecule has 0 aliphatic carbocycles. The van der Waals surface area contributed by atoms with E-state index in [0.717, 1.165) is 24.3 Å². The largest absolute Gasteiger partial charge is 0.388 e. The predicted octanol–water partition coefficient (Wildman–Crippen LogP) is 2.68. The molecule has 1 N–H and O–H groups in total. The van der Waals surface area contributed by atoms with Crippen molar-refractivity contribution in [2.45, 2.75) is 6.92 Å². The number of morpholine rings is 1. The van der Waals surface area contributed by atoms with Gasteiger partial charge in [-0.15, -0.1) is 5.26 Å². The first-order valence-electron chi connectivity index (χ1n) is 9.15. The zero-order valence-corrected chi connectivity index (χ0v) is 15.9. The van der Waals surface area contributed by atoms with Crippen LogP contribution in [0, 0.1) is 18.4 Å². The topological polar surface area (TPSA) is 109 Å². The monoisotopic (exact) mass is 389 g/mol. The number of hydrogen-bond donors (Lipinski definition) is 1. The van der Waals surface area contributed by atoms with E-state index in [-0.39, 0.29) is 0 Å². The number of aromatic nitrogens is 4. The van der Waals surface area contributed by atoms with E-state index >= 15 is 0 Å². The third-order valence-electron chi connectivity index (χ3n) is 4.35. The molecule has 0 bridgehead atoms. The third kappa shape index (κ3) is 4.56. The lowest BCUT2D eigenvalue weighted by Crippen LogP contribution is -2.37. The number of anilines is 3. The van der Waals surface area contributed by atoms with Crippen LogP contribution in [0.2, 0.25) is 0 Å². The van der Waals surface area contributed by atoms with Crippen LogP contribution in [0.5, 0.6) is 5.75 Å². The summed E-state index contributed by atoms with van der Waals surface area (Å²) in [6, 6.07) is 8.95. The van der Waals surface area contributed by atoms with Crippen LogP contribution in [0.4, 0.5) is 17.5 Å². The maximum atomic E-state index is 8.72. The fourth-order valence-corrected chi connectivity index (χ4v) is 2.91. The van der Waals surface area contributed by atoms with Crippen LogP contribution in [0.15, 0.2) is 42.7 Å². The molecule has 1 aliphatic rings. The first kappa shape index (κ1) is 18.6. The van der Waals surface area contributed by atoms with Gasteiger partial charge in [-0.1, -0.05) is 6.07 Å². The van der Waals surface area contributed by atoms with Crippen molar-refractivity contribution in [3.05, 3.63) is 48.5 Å². The molecule has 146 valence electrons. The summed E-state index contributed by atoms with van der Waals surface area (Å²) in [6.45, 7) is 4.55. The van der Waals surface area contributed by atoms with Gasteiger partial charge in [-0.2, -0.15) is 4.98 Å². The predicted molar refractivity (Wildman–Crippen MR) is 107 cm³/mol. The van der Waals surface area contributed by atoms with Crippen molar-refractivity contribution in [3.63, 3.8) is 0 Å². The fourth-order valence-electron chi connectivity index (χ4n) is 2.91. The Balaban J connectivity index is 1.70.